The van der Waals surface area contributed by atoms with Crippen LogP contribution in [0.3, 0.4) is 0 Å². The highest BCUT2D eigenvalue weighted by atomic mass is 16.5. The highest BCUT2D eigenvalue weighted by molar-refractivity contribution is 5.51. The molecule has 3 heteroatoms. The lowest BCUT2D eigenvalue weighted by Gasteiger charge is -2.30. The molecular formula is C16H24N2O. The third-order valence-electron chi connectivity index (χ3n) is 4.15. The number of benzene rings is 1. The Balaban J connectivity index is 1.64. The van der Waals surface area contributed by atoms with E-state index in [1.165, 1.54) is 37.8 Å². The number of hydrogen-bond donors (Lipinski definition) is 1. The van der Waals surface area contributed by atoms with Gasteiger partial charge in [0.2, 0.25) is 0 Å². The highest BCUT2D eigenvalue weighted by Gasteiger charge is 2.16. The Morgan fingerprint density at radius 1 is 1.05 bits per heavy atom. The first-order valence-corrected chi connectivity index (χ1v) is 7.64. The summed E-state index contributed by atoms with van der Waals surface area (Å²) in [6, 6.07) is 8.62. The molecule has 3 nitrogen and oxygen atoms in total. The molecule has 0 radical (unpaired) electrons. The Labute approximate surface area is 115 Å². The van der Waals surface area contributed by atoms with E-state index in [1.54, 1.807) is 0 Å². The Morgan fingerprint density at radius 3 is 2.63 bits per heavy atom. The van der Waals surface area contributed by atoms with Gasteiger partial charge in [-0.1, -0.05) is 12.5 Å². The third kappa shape index (κ3) is 3.41. The van der Waals surface area contributed by atoms with Crippen molar-refractivity contribution in [1.29, 1.82) is 0 Å². The normalized spacial score (nSPS) is 21.4. The smallest absolute Gasteiger partial charge is 0.121 e. The Hall–Kier alpha value is -1.22. The van der Waals surface area contributed by atoms with Gasteiger partial charge in [0.1, 0.15) is 5.75 Å². The minimum atomic E-state index is 0.437. The zero-order valence-corrected chi connectivity index (χ0v) is 11.6. The summed E-state index contributed by atoms with van der Waals surface area (Å²) < 4.78 is 6.14. The molecule has 2 aliphatic rings. The van der Waals surface area contributed by atoms with Crippen molar-refractivity contribution < 1.29 is 4.74 Å². The fraction of sp³-hybridized carbons (Fsp3) is 0.625. The molecule has 2 fully saturated rings. The minimum absolute atomic E-state index is 0.437. The van der Waals surface area contributed by atoms with E-state index in [0.717, 1.165) is 31.9 Å². The molecule has 19 heavy (non-hydrogen) atoms. The molecule has 104 valence electrons. The number of rotatable bonds is 3. The third-order valence-corrected chi connectivity index (χ3v) is 4.15. The zero-order valence-electron chi connectivity index (χ0n) is 11.6. The van der Waals surface area contributed by atoms with E-state index in [1.807, 2.05) is 0 Å². The zero-order chi connectivity index (χ0) is 12.9. The van der Waals surface area contributed by atoms with Gasteiger partial charge in [-0.3, -0.25) is 0 Å². The largest absolute Gasteiger partial charge is 0.490 e. The van der Waals surface area contributed by atoms with Gasteiger partial charge in [0, 0.05) is 37.9 Å². The molecule has 0 unspecified atom stereocenters. The van der Waals surface area contributed by atoms with Gasteiger partial charge in [-0.25, -0.2) is 0 Å². The van der Waals surface area contributed by atoms with Crippen molar-refractivity contribution in [2.75, 3.05) is 31.1 Å². The van der Waals surface area contributed by atoms with E-state index in [-0.39, 0.29) is 0 Å². The topological polar surface area (TPSA) is 24.5 Å². The molecule has 1 aromatic carbocycles. The molecule has 0 amide bonds. The van der Waals surface area contributed by atoms with E-state index in [9.17, 15) is 0 Å². The molecule has 1 saturated heterocycles. The van der Waals surface area contributed by atoms with Gasteiger partial charge in [-0.05, 0) is 37.8 Å². The first kappa shape index (κ1) is 12.8. The van der Waals surface area contributed by atoms with E-state index in [0.29, 0.717) is 6.10 Å². The summed E-state index contributed by atoms with van der Waals surface area (Å²) in [6.45, 7) is 4.33. The fourth-order valence-corrected chi connectivity index (χ4v) is 3.05. The van der Waals surface area contributed by atoms with Crippen LogP contribution in [0.1, 0.15) is 32.1 Å². The van der Waals surface area contributed by atoms with Crippen LogP contribution in [0.4, 0.5) is 5.69 Å². The number of nitrogens with zero attached hydrogens (tertiary/aromatic N) is 1. The van der Waals surface area contributed by atoms with Crippen molar-refractivity contribution in [3.63, 3.8) is 0 Å². The van der Waals surface area contributed by atoms with E-state index in [2.05, 4.69) is 34.5 Å². The Morgan fingerprint density at radius 2 is 1.84 bits per heavy atom. The van der Waals surface area contributed by atoms with Gasteiger partial charge in [-0.2, -0.15) is 0 Å². The van der Waals surface area contributed by atoms with Crippen LogP contribution in [0.2, 0.25) is 0 Å². The summed E-state index contributed by atoms with van der Waals surface area (Å²) in [5.41, 5.74) is 1.30. The summed E-state index contributed by atoms with van der Waals surface area (Å²) >= 11 is 0. The molecule has 0 aromatic heterocycles. The van der Waals surface area contributed by atoms with Crippen LogP contribution in [0.5, 0.6) is 5.75 Å². The maximum absolute atomic E-state index is 6.14. The molecule has 1 N–H and O–H groups in total. The number of anilines is 1. The van der Waals surface area contributed by atoms with Crippen molar-refractivity contribution in [2.45, 2.75) is 38.2 Å². The fourth-order valence-electron chi connectivity index (χ4n) is 3.05. The summed E-state index contributed by atoms with van der Waals surface area (Å²) in [4.78, 5) is 2.43. The maximum atomic E-state index is 6.14. The Kier molecular flexibility index (Phi) is 4.23. The van der Waals surface area contributed by atoms with Crippen LogP contribution in [0, 0.1) is 0 Å². The second-order valence-electron chi connectivity index (χ2n) is 5.61. The van der Waals surface area contributed by atoms with Crippen LogP contribution < -0.4 is 15.0 Å². The summed E-state index contributed by atoms with van der Waals surface area (Å²) in [7, 11) is 0. The highest BCUT2D eigenvalue weighted by Crippen LogP contribution is 2.26. The van der Waals surface area contributed by atoms with Crippen molar-refractivity contribution in [3.05, 3.63) is 24.3 Å². The number of ether oxygens (including phenoxy) is 1. The lowest BCUT2D eigenvalue weighted by Crippen LogP contribution is -2.43. The van der Waals surface area contributed by atoms with Gasteiger partial charge < -0.3 is 15.0 Å². The quantitative estimate of drug-likeness (QED) is 0.904. The van der Waals surface area contributed by atoms with Crippen LogP contribution in [0.25, 0.3) is 0 Å². The molecule has 0 atom stereocenters. The minimum Gasteiger partial charge on any atom is -0.490 e. The summed E-state index contributed by atoms with van der Waals surface area (Å²) in [5.74, 6) is 1.04. The van der Waals surface area contributed by atoms with Crippen LogP contribution >= 0.6 is 0 Å². The number of nitrogens with one attached hydrogen (secondary N) is 1. The molecule has 1 aliphatic heterocycles. The lowest BCUT2D eigenvalue weighted by atomic mass is 9.98. The van der Waals surface area contributed by atoms with Crippen molar-refractivity contribution in [1.82, 2.24) is 5.32 Å². The molecule has 0 spiro atoms. The van der Waals surface area contributed by atoms with Crippen LogP contribution in [0.15, 0.2) is 24.3 Å². The second kappa shape index (κ2) is 6.29. The Bertz CT molecular complexity index is 395. The van der Waals surface area contributed by atoms with Gasteiger partial charge in [-0.15, -0.1) is 0 Å². The number of hydrogen-bond acceptors (Lipinski definition) is 3. The van der Waals surface area contributed by atoms with E-state index in [4.69, 9.17) is 4.74 Å². The predicted octanol–water partition coefficient (Wildman–Crippen LogP) is 2.81. The second-order valence-corrected chi connectivity index (χ2v) is 5.61. The summed E-state index contributed by atoms with van der Waals surface area (Å²) in [6.07, 6.45) is 6.90. The van der Waals surface area contributed by atoms with Crippen molar-refractivity contribution in [3.8, 4) is 5.75 Å². The lowest BCUT2D eigenvalue weighted by molar-refractivity contribution is 0.155. The van der Waals surface area contributed by atoms with Gasteiger partial charge >= 0.3 is 0 Å². The van der Waals surface area contributed by atoms with E-state index >= 15 is 0 Å². The molecule has 1 aromatic rings. The molecular weight excluding hydrogens is 236 g/mol. The SMILES string of the molecule is c1cc(OC2CCCCC2)cc(N2CCNCC2)c1. The van der Waals surface area contributed by atoms with Gasteiger partial charge in [0.25, 0.3) is 0 Å². The molecule has 3 rings (SSSR count). The van der Waals surface area contributed by atoms with Crippen LogP contribution in [-0.4, -0.2) is 32.3 Å². The predicted molar refractivity (Wildman–Crippen MR) is 79.0 cm³/mol. The first-order valence-electron chi connectivity index (χ1n) is 7.64. The standard InChI is InChI=1S/C16H24N2O/c1-2-6-15(7-3-1)19-16-8-4-5-14(13-16)18-11-9-17-10-12-18/h4-5,8,13,15,17H,1-3,6-7,9-12H2. The average Bonchev–Trinajstić information content (AvgIpc) is 2.49. The van der Waals surface area contributed by atoms with Crippen LogP contribution in [-0.2, 0) is 0 Å². The van der Waals surface area contributed by atoms with Gasteiger partial charge in [0.15, 0.2) is 0 Å². The average molecular weight is 260 g/mol. The molecule has 1 aliphatic carbocycles. The van der Waals surface area contributed by atoms with Gasteiger partial charge in [0.05, 0.1) is 6.10 Å². The number of piperazine rings is 1. The summed E-state index contributed by atoms with van der Waals surface area (Å²) in [5, 5.41) is 3.39. The molecule has 0 bridgehead atoms. The molecule has 1 heterocycles. The van der Waals surface area contributed by atoms with E-state index < -0.39 is 0 Å². The molecule has 1 saturated carbocycles. The first-order chi connectivity index (χ1) is 9.42. The monoisotopic (exact) mass is 260 g/mol. The van der Waals surface area contributed by atoms with Crippen molar-refractivity contribution >= 4 is 5.69 Å². The maximum Gasteiger partial charge on any atom is 0.121 e. The van der Waals surface area contributed by atoms with Crippen molar-refractivity contribution in [2.24, 2.45) is 0 Å².